The van der Waals surface area contributed by atoms with Crippen molar-refractivity contribution < 1.29 is 9.59 Å². The number of hydrogen-bond acceptors (Lipinski definition) is 2. The standard InChI is InChI=1S/C17H15NO2/c1-11(19)12-6-8-14(9-7-12)18-17(20)16-10-13-4-2-3-5-15(13)16/h2-9,16H,10H2,1H3,(H,18,20). The van der Waals surface area contributed by atoms with E-state index >= 15 is 0 Å². The summed E-state index contributed by atoms with van der Waals surface area (Å²) in [6, 6.07) is 15.0. The molecule has 0 aliphatic heterocycles. The van der Waals surface area contributed by atoms with Crippen LogP contribution >= 0.6 is 0 Å². The predicted molar refractivity (Wildman–Crippen MR) is 78.0 cm³/mol. The first-order valence-corrected chi connectivity index (χ1v) is 6.65. The van der Waals surface area contributed by atoms with E-state index in [1.54, 1.807) is 24.3 Å². The van der Waals surface area contributed by atoms with Gasteiger partial charge >= 0.3 is 0 Å². The first-order chi connectivity index (χ1) is 9.65. The van der Waals surface area contributed by atoms with Crippen LogP contribution in [0, 0.1) is 0 Å². The van der Waals surface area contributed by atoms with Gasteiger partial charge in [0.15, 0.2) is 5.78 Å². The van der Waals surface area contributed by atoms with Crippen molar-refractivity contribution in [3.8, 4) is 0 Å². The molecule has 1 unspecified atom stereocenters. The lowest BCUT2D eigenvalue weighted by Gasteiger charge is -2.28. The molecule has 0 spiro atoms. The molecule has 0 bridgehead atoms. The predicted octanol–water partition coefficient (Wildman–Crippen LogP) is 3.17. The van der Waals surface area contributed by atoms with Gasteiger partial charge in [-0.1, -0.05) is 24.3 Å². The fraction of sp³-hybridized carbons (Fsp3) is 0.176. The number of carbonyl (C=O) groups is 2. The highest BCUT2D eigenvalue weighted by Crippen LogP contribution is 2.35. The summed E-state index contributed by atoms with van der Waals surface area (Å²) in [5.74, 6) is -0.0197. The Labute approximate surface area is 117 Å². The van der Waals surface area contributed by atoms with E-state index in [1.807, 2.05) is 18.2 Å². The highest BCUT2D eigenvalue weighted by atomic mass is 16.2. The van der Waals surface area contributed by atoms with Crippen molar-refractivity contribution in [2.75, 3.05) is 5.32 Å². The van der Waals surface area contributed by atoms with Crippen LogP contribution in [0.25, 0.3) is 0 Å². The summed E-state index contributed by atoms with van der Waals surface area (Å²) in [7, 11) is 0. The molecule has 0 fully saturated rings. The zero-order valence-corrected chi connectivity index (χ0v) is 11.2. The molecule has 1 atom stereocenters. The van der Waals surface area contributed by atoms with Crippen molar-refractivity contribution in [2.45, 2.75) is 19.3 Å². The van der Waals surface area contributed by atoms with E-state index in [0.717, 1.165) is 17.7 Å². The number of amides is 1. The molecule has 3 rings (SSSR count). The van der Waals surface area contributed by atoms with Gasteiger partial charge in [0.05, 0.1) is 5.92 Å². The number of carbonyl (C=O) groups excluding carboxylic acids is 2. The Bertz CT molecular complexity index is 674. The Morgan fingerprint density at radius 1 is 1.05 bits per heavy atom. The van der Waals surface area contributed by atoms with Crippen LogP contribution in [0.5, 0.6) is 0 Å². The maximum atomic E-state index is 12.2. The lowest BCUT2D eigenvalue weighted by atomic mass is 9.77. The van der Waals surface area contributed by atoms with Crippen molar-refractivity contribution in [3.05, 3.63) is 65.2 Å². The van der Waals surface area contributed by atoms with Gasteiger partial charge in [-0.3, -0.25) is 9.59 Å². The molecule has 1 amide bonds. The lowest BCUT2D eigenvalue weighted by molar-refractivity contribution is -0.118. The van der Waals surface area contributed by atoms with E-state index in [2.05, 4.69) is 11.4 Å². The summed E-state index contributed by atoms with van der Waals surface area (Å²) in [6.45, 7) is 1.53. The molecule has 1 N–H and O–H groups in total. The van der Waals surface area contributed by atoms with Crippen LogP contribution in [0.3, 0.4) is 0 Å². The maximum Gasteiger partial charge on any atom is 0.232 e. The van der Waals surface area contributed by atoms with Crippen LogP contribution in [0.15, 0.2) is 48.5 Å². The average molecular weight is 265 g/mol. The minimum absolute atomic E-state index is 0.0132. The van der Waals surface area contributed by atoms with Crippen molar-refractivity contribution >= 4 is 17.4 Å². The van der Waals surface area contributed by atoms with Gasteiger partial charge in [-0.25, -0.2) is 0 Å². The molecule has 0 saturated heterocycles. The third-order valence-corrected chi connectivity index (χ3v) is 3.73. The number of benzene rings is 2. The minimum atomic E-state index is -0.0568. The number of hydrogen-bond donors (Lipinski definition) is 1. The smallest absolute Gasteiger partial charge is 0.232 e. The highest BCUT2D eigenvalue weighted by Gasteiger charge is 2.31. The molecule has 0 radical (unpaired) electrons. The lowest BCUT2D eigenvalue weighted by Crippen LogP contribution is -2.30. The maximum absolute atomic E-state index is 12.2. The highest BCUT2D eigenvalue weighted by molar-refractivity contribution is 5.99. The van der Waals surface area contributed by atoms with Crippen molar-refractivity contribution in [2.24, 2.45) is 0 Å². The first kappa shape index (κ1) is 12.6. The molecule has 1 aliphatic rings. The zero-order chi connectivity index (χ0) is 14.1. The van der Waals surface area contributed by atoms with Crippen LogP contribution in [0.4, 0.5) is 5.69 Å². The normalized spacial score (nSPS) is 15.9. The fourth-order valence-corrected chi connectivity index (χ4v) is 2.51. The van der Waals surface area contributed by atoms with Gasteiger partial charge in [0, 0.05) is 11.3 Å². The number of fused-ring (bicyclic) bond motifs is 1. The first-order valence-electron chi connectivity index (χ1n) is 6.65. The minimum Gasteiger partial charge on any atom is -0.326 e. The number of ketones is 1. The second-order valence-corrected chi connectivity index (χ2v) is 5.08. The summed E-state index contributed by atoms with van der Waals surface area (Å²) < 4.78 is 0. The third-order valence-electron chi connectivity index (χ3n) is 3.73. The Balaban J connectivity index is 1.70. The largest absolute Gasteiger partial charge is 0.326 e. The van der Waals surface area contributed by atoms with E-state index in [-0.39, 0.29) is 17.6 Å². The van der Waals surface area contributed by atoms with Gasteiger partial charge in [0.2, 0.25) is 5.91 Å². The number of rotatable bonds is 3. The molecule has 1 aliphatic carbocycles. The Kier molecular flexibility index (Phi) is 3.11. The van der Waals surface area contributed by atoms with Gasteiger partial charge in [0.1, 0.15) is 0 Å². The van der Waals surface area contributed by atoms with Crippen molar-refractivity contribution in [3.63, 3.8) is 0 Å². The summed E-state index contributed by atoms with van der Waals surface area (Å²) >= 11 is 0. The average Bonchev–Trinajstić information content (AvgIpc) is 2.41. The summed E-state index contributed by atoms with van der Waals surface area (Å²) in [5.41, 5.74) is 3.74. The van der Waals surface area contributed by atoms with Crippen LogP contribution in [-0.2, 0) is 11.2 Å². The van der Waals surface area contributed by atoms with Crippen molar-refractivity contribution in [1.82, 2.24) is 0 Å². The molecule has 3 nitrogen and oxygen atoms in total. The summed E-state index contributed by atoms with van der Waals surface area (Å²) in [6.07, 6.45) is 0.799. The van der Waals surface area contributed by atoms with Crippen molar-refractivity contribution in [1.29, 1.82) is 0 Å². The molecule has 20 heavy (non-hydrogen) atoms. The monoisotopic (exact) mass is 265 g/mol. The zero-order valence-electron chi connectivity index (χ0n) is 11.2. The van der Waals surface area contributed by atoms with E-state index in [4.69, 9.17) is 0 Å². The molecule has 0 aromatic heterocycles. The van der Waals surface area contributed by atoms with Crippen LogP contribution in [0.1, 0.15) is 34.3 Å². The number of anilines is 1. The van der Waals surface area contributed by atoms with Crippen LogP contribution in [-0.4, -0.2) is 11.7 Å². The third kappa shape index (κ3) is 2.23. The quantitative estimate of drug-likeness (QED) is 0.866. The molecule has 100 valence electrons. The second-order valence-electron chi connectivity index (χ2n) is 5.08. The Hall–Kier alpha value is -2.42. The molecule has 0 saturated carbocycles. The van der Waals surface area contributed by atoms with Gasteiger partial charge in [0.25, 0.3) is 0 Å². The Morgan fingerprint density at radius 2 is 1.75 bits per heavy atom. The van der Waals surface area contributed by atoms with E-state index in [9.17, 15) is 9.59 Å². The van der Waals surface area contributed by atoms with Crippen LogP contribution in [0.2, 0.25) is 0 Å². The molecule has 3 heteroatoms. The van der Waals surface area contributed by atoms with Gasteiger partial charge in [-0.05, 0) is 48.7 Å². The molecular formula is C17H15NO2. The van der Waals surface area contributed by atoms with E-state index < -0.39 is 0 Å². The topological polar surface area (TPSA) is 46.2 Å². The van der Waals surface area contributed by atoms with E-state index in [1.165, 1.54) is 12.5 Å². The van der Waals surface area contributed by atoms with Crippen LogP contribution < -0.4 is 5.32 Å². The Morgan fingerprint density at radius 3 is 2.40 bits per heavy atom. The molecule has 2 aromatic carbocycles. The summed E-state index contributed by atoms with van der Waals surface area (Å²) in [5, 5.41) is 2.90. The van der Waals surface area contributed by atoms with Gasteiger partial charge in [-0.15, -0.1) is 0 Å². The molecular weight excluding hydrogens is 250 g/mol. The van der Waals surface area contributed by atoms with Gasteiger partial charge < -0.3 is 5.32 Å². The second kappa shape index (κ2) is 4.93. The summed E-state index contributed by atoms with van der Waals surface area (Å²) in [4.78, 5) is 23.4. The fourth-order valence-electron chi connectivity index (χ4n) is 2.51. The SMILES string of the molecule is CC(=O)c1ccc(NC(=O)C2Cc3ccccc32)cc1. The number of nitrogens with one attached hydrogen (secondary N) is 1. The van der Waals surface area contributed by atoms with E-state index in [0.29, 0.717) is 5.56 Å². The van der Waals surface area contributed by atoms with Gasteiger partial charge in [-0.2, -0.15) is 0 Å². The molecule has 0 heterocycles. The molecule has 2 aromatic rings. The number of Topliss-reactive ketones (excluding diaryl/α,β-unsaturated/α-hetero) is 1.